The van der Waals surface area contributed by atoms with Crippen LogP contribution in [0.25, 0.3) is 21.7 Å². The highest BCUT2D eigenvalue weighted by Crippen LogP contribution is 2.45. The van der Waals surface area contributed by atoms with Crippen LogP contribution in [0.15, 0.2) is 141 Å². The highest BCUT2D eigenvalue weighted by atomic mass is 32.2. The molecule has 2 aromatic heterocycles. The standard InChI is InChI=1S/C39H27N3O6S2/c1-46-30-19-9-13-25-21-31(48-36(25)30)34(43)32-33(24-12-8-17-28(20-24)47-27-15-3-2-4-16-27)42(37(45)35(32)44)38-40-41-39(50-38)49-22-26-14-7-11-23-10-5-6-18-29(23)26/h2-21,33,44H,22H2,1H3. The number of carbonyl (C=O) groups is 2. The summed E-state index contributed by atoms with van der Waals surface area (Å²) in [5.74, 6) is 0.0219. The van der Waals surface area contributed by atoms with E-state index in [0.717, 1.165) is 16.3 Å². The molecule has 7 aromatic rings. The van der Waals surface area contributed by atoms with Crippen LogP contribution in [0, 0.1) is 0 Å². The quantitative estimate of drug-likeness (QED) is 0.0848. The molecule has 1 aliphatic heterocycles. The number of furan rings is 1. The third kappa shape index (κ3) is 5.76. The minimum absolute atomic E-state index is 0.0500. The summed E-state index contributed by atoms with van der Waals surface area (Å²) in [6.45, 7) is 0. The lowest BCUT2D eigenvalue weighted by Crippen LogP contribution is -2.31. The lowest BCUT2D eigenvalue weighted by molar-refractivity contribution is -0.117. The zero-order valence-electron chi connectivity index (χ0n) is 26.5. The summed E-state index contributed by atoms with van der Waals surface area (Å²) < 4.78 is 18.1. The summed E-state index contributed by atoms with van der Waals surface area (Å²) in [6, 6.07) is 36.5. The van der Waals surface area contributed by atoms with Gasteiger partial charge in [0.2, 0.25) is 10.9 Å². The van der Waals surface area contributed by atoms with Crippen LogP contribution >= 0.6 is 23.1 Å². The Morgan fingerprint density at radius 3 is 2.48 bits per heavy atom. The summed E-state index contributed by atoms with van der Waals surface area (Å²) in [5, 5.41) is 23.4. The number of rotatable bonds is 10. The number of aliphatic hydroxyl groups excluding tert-OH is 1. The van der Waals surface area contributed by atoms with Gasteiger partial charge in [0.05, 0.1) is 18.7 Å². The molecule has 1 amide bonds. The smallest absolute Gasteiger partial charge is 0.296 e. The molecule has 0 saturated heterocycles. The first-order chi connectivity index (χ1) is 24.5. The van der Waals surface area contributed by atoms with Crippen LogP contribution in [0.3, 0.4) is 0 Å². The summed E-state index contributed by atoms with van der Waals surface area (Å²) >= 11 is 2.71. The third-order valence-electron chi connectivity index (χ3n) is 8.39. The topological polar surface area (TPSA) is 115 Å². The molecular weight excluding hydrogens is 671 g/mol. The Kier molecular flexibility index (Phi) is 8.27. The number of para-hydroxylation sites is 2. The molecule has 0 saturated carbocycles. The summed E-state index contributed by atoms with van der Waals surface area (Å²) in [5.41, 5.74) is 1.90. The van der Waals surface area contributed by atoms with Gasteiger partial charge in [-0.3, -0.25) is 14.5 Å². The number of carbonyl (C=O) groups excluding carboxylic acids is 2. The number of aromatic nitrogens is 2. The minimum atomic E-state index is -1.06. The van der Waals surface area contributed by atoms with Crippen molar-refractivity contribution in [2.75, 3.05) is 12.0 Å². The highest BCUT2D eigenvalue weighted by Gasteiger charge is 2.47. The number of benzene rings is 5. The van der Waals surface area contributed by atoms with E-state index in [1.807, 2.05) is 48.5 Å². The van der Waals surface area contributed by atoms with Crippen LogP contribution in [0.4, 0.5) is 5.13 Å². The number of amides is 1. The van der Waals surface area contributed by atoms with Crippen LogP contribution in [-0.4, -0.2) is 34.1 Å². The number of ether oxygens (including phenoxy) is 2. The Morgan fingerprint density at radius 1 is 0.880 bits per heavy atom. The molecule has 50 heavy (non-hydrogen) atoms. The van der Waals surface area contributed by atoms with Gasteiger partial charge in [-0.05, 0) is 58.3 Å². The molecule has 8 rings (SSSR count). The second kappa shape index (κ2) is 13.2. The molecule has 3 heterocycles. The maximum atomic E-state index is 14.3. The van der Waals surface area contributed by atoms with Crippen LogP contribution in [-0.2, 0) is 10.5 Å². The molecule has 1 aliphatic rings. The number of anilines is 1. The molecule has 0 radical (unpaired) electrons. The van der Waals surface area contributed by atoms with Gasteiger partial charge < -0.3 is 19.0 Å². The average molecular weight is 698 g/mol. The predicted molar refractivity (Wildman–Crippen MR) is 193 cm³/mol. The lowest BCUT2D eigenvalue weighted by Gasteiger charge is -2.24. The van der Waals surface area contributed by atoms with E-state index in [-0.39, 0.29) is 16.5 Å². The van der Waals surface area contributed by atoms with E-state index in [0.29, 0.717) is 43.9 Å². The van der Waals surface area contributed by atoms with Crippen LogP contribution in [0.2, 0.25) is 0 Å². The molecule has 1 N–H and O–H groups in total. The van der Waals surface area contributed by atoms with Crippen LogP contribution in [0.1, 0.15) is 27.7 Å². The van der Waals surface area contributed by atoms with Crippen molar-refractivity contribution >= 4 is 61.7 Å². The van der Waals surface area contributed by atoms with Crippen molar-refractivity contribution in [3.05, 3.63) is 150 Å². The van der Waals surface area contributed by atoms with E-state index in [1.54, 1.807) is 48.5 Å². The van der Waals surface area contributed by atoms with Gasteiger partial charge in [0.25, 0.3) is 5.91 Å². The number of fused-ring (bicyclic) bond motifs is 2. The average Bonchev–Trinajstić information content (AvgIpc) is 3.87. The molecule has 11 heteroatoms. The number of nitrogens with zero attached hydrogens (tertiary/aromatic N) is 3. The molecule has 246 valence electrons. The molecular formula is C39H27N3O6S2. The minimum Gasteiger partial charge on any atom is -0.503 e. The SMILES string of the molecule is COc1cccc2cc(C(=O)C3=C(O)C(=O)N(c4nnc(SCc5cccc6ccccc56)s4)C3c3cccc(Oc4ccccc4)c3)oc12. The van der Waals surface area contributed by atoms with E-state index < -0.39 is 23.5 Å². The van der Waals surface area contributed by atoms with Gasteiger partial charge >= 0.3 is 0 Å². The van der Waals surface area contributed by atoms with Crippen molar-refractivity contribution in [2.45, 2.75) is 16.1 Å². The molecule has 0 fully saturated rings. The number of Topliss-reactive ketones (excluding diaryl/α,β-unsaturated/α-hetero) is 1. The van der Waals surface area contributed by atoms with E-state index in [9.17, 15) is 14.7 Å². The van der Waals surface area contributed by atoms with Gasteiger partial charge in [-0.2, -0.15) is 0 Å². The first-order valence-electron chi connectivity index (χ1n) is 15.6. The number of methoxy groups -OCH3 is 1. The summed E-state index contributed by atoms with van der Waals surface area (Å²) in [4.78, 5) is 29.5. The second-order valence-electron chi connectivity index (χ2n) is 11.4. The number of aliphatic hydroxyl groups is 1. The van der Waals surface area contributed by atoms with Crippen molar-refractivity contribution in [2.24, 2.45) is 0 Å². The number of thioether (sulfide) groups is 1. The van der Waals surface area contributed by atoms with Crippen molar-refractivity contribution in [3.8, 4) is 17.2 Å². The fourth-order valence-electron chi connectivity index (χ4n) is 6.08. The van der Waals surface area contributed by atoms with Crippen LogP contribution < -0.4 is 14.4 Å². The Bertz CT molecular complexity index is 2430. The monoisotopic (exact) mass is 697 g/mol. The molecule has 1 unspecified atom stereocenters. The Balaban J connectivity index is 1.16. The predicted octanol–water partition coefficient (Wildman–Crippen LogP) is 9.31. The first-order valence-corrected chi connectivity index (χ1v) is 17.4. The Labute approximate surface area is 294 Å². The second-order valence-corrected chi connectivity index (χ2v) is 13.6. The highest BCUT2D eigenvalue weighted by molar-refractivity contribution is 8.00. The van der Waals surface area contributed by atoms with Gasteiger partial charge in [0, 0.05) is 11.1 Å². The number of hydrogen-bond donors (Lipinski definition) is 1. The van der Waals surface area contributed by atoms with E-state index in [4.69, 9.17) is 13.9 Å². The number of hydrogen-bond acceptors (Lipinski definition) is 10. The fourth-order valence-corrected chi connectivity index (χ4v) is 7.95. The van der Waals surface area contributed by atoms with Crippen molar-refractivity contribution in [3.63, 3.8) is 0 Å². The lowest BCUT2D eigenvalue weighted by atomic mass is 9.95. The fraction of sp³-hybridized carbons (Fsp3) is 0.0769. The van der Waals surface area contributed by atoms with E-state index in [2.05, 4.69) is 34.5 Å². The zero-order chi connectivity index (χ0) is 34.2. The molecule has 0 spiro atoms. The van der Waals surface area contributed by atoms with E-state index in [1.165, 1.54) is 35.1 Å². The molecule has 9 nitrogen and oxygen atoms in total. The Hall–Kier alpha value is -5.91. The van der Waals surface area contributed by atoms with Crippen molar-refractivity contribution in [1.29, 1.82) is 0 Å². The zero-order valence-corrected chi connectivity index (χ0v) is 28.1. The first kappa shape index (κ1) is 31.4. The maximum absolute atomic E-state index is 14.3. The normalized spacial score (nSPS) is 14.5. The molecule has 0 aliphatic carbocycles. The van der Waals surface area contributed by atoms with Crippen molar-refractivity contribution < 1.29 is 28.6 Å². The van der Waals surface area contributed by atoms with Gasteiger partial charge in [-0.15, -0.1) is 10.2 Å². The molecule has 0 bridgehead atoms. The summed E-state index contributed by atoms with van der Waals surface area (Å²) in [6.07, 6.45) is 0. The van der Waals surface area contributed by atoms with Gasteiger partial charge in [-0.1, -0.05) is 108 Å². The number of ketones is 1. The maximum Gasteiger partial charge on any atom is 0.296 e. The molecule has 5 aromatic carbocycles. The summed E-state index contributed by atoms with van der Waals surface area (Å²) in [7, 11) is 1.51. The largest absolute Gasteiger partial charge is 0.503 e. The Morgan fingerprint density at radius 2 is 1.62 bits per heavy atom. The van der Waals surface area contributed by atoms with Crippen molar-refractivity contribution in [1.82, 2.24) is 10.2 Å². The van der Waals surface area contributed by atoms with Crippen LogP contribution in [0.5, 0.6) is 17.2 Å². The van der Waals surface area contributed by atoms with Gasteiger partial charge in [-0.25, -0.2) is 0 Å². The third-order valence-corrected chi connectivity index (χ3v) is 10.5. The molecule has 1 atom stereocenters. The van der Waals surface area contributed by atoms with Gasteiger partial charge in [0.1, 0.15) is 11.5 Å². The van der Waals surface area contributed by atoms with E-state index >= 15 is 0 Å². The van der Waals surface area contributed by atoms with Gasteiger partial charge in [0.15, 0.2) is 27.2 Å².